The minimum absolute atomic E-state index is 0.0745. The molecule has 1 aromatic rings. The molecule has 1 aromatic carbocycles. The molecule has 6 N–H and O–H groups in total. The second-order valence-electron chi connectivity index (χ2n) is 25.7. The second-order valence-corrected chi connectivity index (χ2v) is 25.7. The number of rotatable bonds is 9. The zero-order valence-corrected chi connectivity index (χ0v) is 54.8. The summed E-state index contributed by atoms with van der Waals surface area (Å²) in [6.07, 6.45) is -1.27. The Morgan fingerprint density at radius 2 is 1.10 bits per heavy atom. The van der Waals surface area contributed by atoms with Crippen molar-refractivity contribution >= 4 is 87.8 Å². The lowest BCUT2D eigenvalue weighted by molar-refractivity contribution is -0.163. The van der Waals surface area contributed by atoms with Crippen molar-refractivity contribution in [1.82, 2.24) is 55.7 Å². The molecule has 7 rings (SSSR count). The second kappa shape index (κ2) is 28.2. The first-order valence-corrected chi connectivity index (χ1v) is 31.1. The summed E-state index contributed by atoms with van der Waals surface area (Å²) in [5.41, 5.74) is 3.59. The van der Waals surface area contributed by atoms with Crippen LogP contribution in [0.5, 0.6) is 0 Å². The van der Waals surface area contributed by atoms with Crippen molar-refractivity contribution in [2.75, 3.05) is 60.1 Å². The van der Waals surface area contributed by atoms with Crippen LogP contribution in [0.25, 0.3) is 22.6 Å². The molecule has 0 bridgehead atoms. The molecule has 11 atom stereocenters. The molecule has 28 heteroatoms. The third-order valence-electron chi connectivity index (χ3n) is 18.1. The van der Waals surface area contributed by atoms with Crippen LogP contribution in [0.3, 0.4) is 0 Å². The Balaban J connectivity index is 1.33. The summed E-state index contributed by atoms with van der Waals surface area (Å²) in [5, 5.41) is 10.8. The van der Waals surface area contributed by atoms with Gasteiger partial charge >= 0.3 is 11.9 Å². The van der Waals surface area contributed by atoms with Gasteiger partial charge in [-0.1, -0.05) is 67.9 Å². The number of likely N-dealkylation sites (N-methyl/N-ethyl adjacent to an activating group) is 4. The zero-order valence-electron chi connectivity index (χ0n) is 54.8. The minimum atomic E-state index is -1.88. The van der Waals surface area contributed by atoms with E-state index in [4.69, 9.17) is 24.6 Å². The molecule has 0 radical (unpaired) electrons. The van der Waals surface area contributed by atoms with Crippen LogP contribution in [0.15, 0.2) is 21.3 Å². The number of fused-ring (bicyclic) bond motifs is 4. The maximum Gasteiger partial charge on any atom is 0.329 e. The highest BCUT2D eigenvalue weighted by Crippen LogP contribution is 2.35. The highest BCUT2D eigenvalue weighted by Gasteiger charge is 2.47. The number of carbonyl (C=O) groups is 12. The zero-order chi connectivity index (χ0) is 67.7. The van der Waals surface area contributed by atoms with E-state index in [1.54, 1.807) is 62.3 Å². The van der Waals surface area contributed by atoms with Crippen molar-refractivity contribution in [3.63, 3.8) is 0 Å². The average molecular weight is 1270 g/mol. The third-order valence-corrected chi connectivity index (χ3v) is 18.1. The van der Waals surface area contributed by atoms with Gasteiger partial charge in [-0.05, 0) is 88.7 Å². The van der Waals surface area contributed by atoms with Crippen molar-refractivity contribution in [2.45, 2.75) is 176 Å². The van der Waals surface area contributed by atoms with Gasteiger partial charge in [0.05, 0.1) is 29.9 Å². The van der Waals surface area contributed by atoms with E-state index in [0.717, 1.165) is 9.80 Å². The fraction of sp³-hybridized carbons (Fsp3) is 0.619. The Labute approximate surface area is 528 Å². The number of aromatic nitrogens is 1. The number of nitrogens with zero attached hydrogens (tertiary/aromatic N) is 7. The lowest BCUT2D eigenvalue weighted by Gasteiger charge is -2.36. The molecule has 496 valence electrons. The number of carbonyl (C=O) groups excluding carboxylic acids is 12. The SMILES string of the molecule is CC[C@H](C)[C@@H]1NC(=O)[C@@H](NC(=O)c2ccc(C)c3oc4c(C)c(=O)c(N)c(C(=O)N[C@@H]5C(=O)N[C@@H](C(C)C)C(=O)N6CCC[C@H]6C(=O)N(C)CC(=O)N(C)[C@@H](C(C)C)C(=O)O[C@@H]5C)c-4nc23)[C@@H](C)OC(=O)[C@H](C(C)C)N(C)C(=O)CN(C)C(=O)[C@@H]2CCCN2C1=O. The fourth-order valence-corrected chi connectivity index (χ4v) is 12.4. The molecular formula is C63H88N12O16. The maximum absolute atomic E-state index is 15.2. The van der Waals surface area contributed by atoms with Crippen LogP contribution in [0.2, 0.25) is 0 Å². The molecule has 4 saturated heterocycles. The van der Waals surface area contributed by atoms with Crippen molar-refractivity contribution in [1.29, 1.82) is 0 Å². The predicted molar refractivity (Wildman–Crippen MR) is 330 cm³/mol. The number of hydrogen-bond acceptors (Lipinski definition) is 18. The monoisotopic (exact) mass is 1270 g/mol. The number of amides is 10. The fourth-order valence-electron chi connectivity index (χ4n) is 12.4. The standard InChI is InChI=1S/C63H88N12O16/c1-17-31(8)44-61(86)75-25-19-21-38(75)59(84)71(14)27-40(77)72(15)49(29(4)5)62(87)89-34(11)45(57(82)67-44)68-54(79)36-23-22-32(9)52-47(36)65-48-41(42(64)51(78)33(10)53(48)91-52)55(80)69-46-35(12)90-63(88)50(30(6)7)73(16)39(76)26-70(13)58(83)37-20-18-24-74(37)60(85)43(28(2)3)66-56(46)81/h22-23,28-31,34-35,37-38,43-46,49-50H,17-21,24-27,64H2,1-16H3,(H,66,81)(H,67,82)(H,68,79)(H,69,80)/t31-,34+,35+,37-,38-,43-,44-,45-,46-,49-,50-/m0/s1. The summed E-state index contributed by atoms with van der Waals surface area (Å²) in [6, 6.07) is -7.88. The van der Waals surface area contributed by atoms with Gasteiger partial charge in [-0.25, -0.2) is 14.6 Å². The molecule has 6 aliphatic rings. The van der Waals surface area contributed by atoms with E-state index in [1.807, 2.05) is 0 Å². The molecule has 0 aromatic heterocycles. The Hall–Kier alpha value is -8.72. The highest BCUT2D eigenvalue weighted by atomic mass is 16.6. The molecule has 28 nitrogen and oxygen atoms in total. The summed E-state index contributed by atoms with van der Waals surface area (Å²) in [4.78, 5) is 200. The van der Waals surface area contributed by atoms with E-state index < -0.39 is 191 Å². The number of benzene rings is 2. The minimum Gasteiger partial charge on any atom is -0.458 e. The van der Waals surface area contributed by atoms with Crippen molar-refractivity contribution in [2.24, 2.45) is 23.7 Å². The number of nitrogens with two attached hydrogens (primary N) is 1. The van der Waals surface area contributed by atoms with Crippen LogP contribution in [0.4, 0.5) is 5.69 Å². The van der Waals surface area contributed by atoms with E-state index in [-0.39, 0.29) is 53.9 Å². The van der Waals surface area contributed by atoms with Gasteiger partial charge in [-0.15, -0.1) is 0 Å². The van der Waals surface area contributed by atoms with Crippen LogP contribution >= 0.6 is 0 Å². The molecular weight excluding hydrogens is 1180 g/mol. The quantitative estimate of drug-likeness (QED) is 0.114. The number of nitrogen functional groups attached to an aromatic ring is 1. The van der Waals surface area contributed by atoms with Gasteiger partial charge in [0.15, 0.2) is 11.3 Å². The topological polar surface area (TPSA) is 360 Å². The number of cyclic esters (lactones) is 2. The Bertz CT molecular complexity index is 3440. The van der Waals surface area contributed by atoms with E-state index in [1.165, 1.54) is 80.7 Å². The molecule has 0 unspecified atom stereocenters. The van der Waals surface area contributed by atoms with Gasteiger partial charge in [-0.2, -0.15) is 0 Å². The number of nitrogens with one attached hydrogen (secondary N) is 4. The summed E-state index contributed by atoms with van der Waals surface area (Å²) < 4.78 is 18.3. The molecule has 91 heavy (non-hydrogen) atoms. The molecule has 0 spiro atoms. The van der Waals surface area contributed by atoms with Crippen molar-refractivity contribution in [3.05, 3.63) is 44.6 Å². The first kappa shape index (κ1) is 69.7. The molecule has 10 amide bonds. The predicted octanol–water partition coefficient (Wildman–Crippen LogP) is 1.12. The van der Waals surface area contributed by atoms with E-state index in [0.29, 0.717) is 24.8 Å². The molecule has 1 aliphatic carbocycles. The van der Waals surface area contributed by atoms with Gasteiger partial charge in [0, 0.05) is 46.8 Å². The normalized spacial score (nSPS) is 26.4. The first-order valence-electron chi connectivity index (χ1n) is 31.1. The molecule has 0 saturated carbocycles. The number of ether oxygens (including phenoxy) is 2. The highest BCUT2D eigenvalue weighted by molar-refractivity contribution is 6.10. The summed E-state index contributed by atoms with van der Waals surface area (Å²) in [6.45, 7) is 18.6. The Morgan fingerprint density at radius 1 is 0.648 bits per heavy atom. The Kier molecular flexibility index (Phi) is 21.6. The van der Waals surface area contributed by atoms with Gasteiger partial charge < -0.3 is 70.3 Å². The van der Waals surface area contributed by atoms with Crippen LogP contribution in [-0.2, 0) is 57.4 Å². The van der Waals surface area contributed by atoms with Gasteiger partial charge in [-0.3, -0.25) is 52.7 Å². The van der Waals surface area contributed by atoms with Crippen molar-refractivity contribution < 1.29 is 71.4 Å². The van der Waals surface area contributed by atoms with E-state index in [2.05, 4.69) is 21.3 Å². The molecule has 5 aliphatic heterocycles. The summed E-state index contributed by atoms with van der Waals surface area (Å²) >= 11 is 0. The average Bonchev–Trinajstić information content (AvgIpc) is 1.31. The van der Waals surface area contributed by atoms with Crippen molar-refractivity contribution in [3.8, 4) is 11.5 Å². The van der Waals surface area contributed by atoms with Gasteiger partial charge in [0.25, 0.3) is 11.8 Å². The number of esters is 2. The largest absolute Gasteiger partial charge is 0.458 e. The van der Waals surface area contributed by atoms with E-state index >= 15 is 9.59 Å². The van der Waals surface area contributed by atoms with Crippen LogP contribution in [-0.4, -0.2) is 220 Å². The number of anilines is 1. The summed E-state index contributed by atoms with van der Waals surface area (Å²) in [5.74, 6) is -12.3. The Morgan fingerprint density at radius 3 is 1.55 bits per heavy atom. The third kappa shape index (κ3) is 14.1. The van der Waals surface area contributed by atoms with Gasteiger partial charge in [0.1, 0.15) is 71.8 Å². The van der Waals surface area contributed by atoms with Crippen LogP contribution in [0.1, 0.15) is 133 Å². The molecule has 4 fully saturated rings. The van der Waals surface area contributed by atoms with Crippen LogP contribution in [0, 0.1) is 37.5 Å². The number of hydrogen-bond donors (Lipinski definition) is 5. The maximum atomic E-state index is 15.2. The lowest BCUT2D eigenvalue weighted by Crippen LogP contribution is -2.61. The van der Waals surface area contributed by atoms with Crippen LogP contribution < -0.4 is 32.4 Å². The summed E-state index contributed by atoms with van der Waals surface area (Å²) in [7, 11) is 5.60. The lowest BCUT2D eigenvalue weighted by atomic mass is 9.96. The molecule has 5 heterocycles. The first-order chi connectivity index (χ1) is 42.6. The van der Waals surface area contributed by atoms with E-state index in [9.17, 15) is 52.7 Å². The number of aryl methyl sites for hydroxylation is 1. The van der Waals surface area contributed by atoms with Gasteiger partial charge in [0.2, 0.25) is 52.7 Å². The smallest absolute Gasteiger partial charge is 0.329 e.